The Kier molecular flexibility index (Phi) is 4.96. The summed E-state index contributed by atoms with van der Waals surface area (Å²) >= 11 is 0. The topological polar surface area (TPSA) is 24.5 Å². The number of hydrogen-bond donors (Lipinski definition) is 1. The quantitative estimate of drug-likeness (QED) is 0.721. The Labute approximate surface area is 99.8 Å². The molecule has 1 heterocycles. The minimum Gasteiger partial charge on any atom is -0.373 e. The molecule has 1 saturated heterocycles. The Morgan fingerprint density at radius 2 is 2.19 bits per heavy atom. The van der Waals surface area contributed by atoms with Crippen molar-refractivity contribution in [3.63, 3.8) is 0 Å². The minimum absolute atomic E-state index is 0.00991. The molecule has 1 aliphatic rings. The SMILES string of the molecule is C=C(CNC(C)C)CN1CCOC(C)(C)C1. The number of hydrogen-bond acceptors (Lipinski definition) is 3. The van der Waals surface area contributed by atoms with Crippen molar-refractivity contribution in [1.82, 2.24) is 10.2 Å². The summed E-state index contributed by atoms with van der Waals surface area (Å²) in [5.41, 5.74) is 1.25. The number of morpholine rings is 1. The maximum atomic E-state index is 5.69. The molecule has 3 heteroatoms. The van der Waals surface area contributed by atoms with Crippen LogP contribution in [-0.4, -0.2) is 49.3 Å². The van der Waals surface area contributed by atoms with E-state index in [2.05, 4.69) is 44.5 Å². The van der Waals surface area contributed by atoms with Crippen molar-refractivity contribution < 1.29 is 4.74 Å². The van der Waals surface area contributed by atoms with E-state index in [-0.39, 0.29) is 5.60 Å². The zero-order valence-corrected chi connectivity index (χ0v) is 11.2. The first-order valence-corrected chi connectivity index (χ1v) is 6.15. The summed E-state index contributed by atoms with van der Waals surface area (Å²) in [6.45, 7) is 17.5. The van der Waals surface area contributed by atoms with Crippen LogP contribution in [0.25, 0.3) is 0 Å². The monoisotopic (exact) mass is 226 g/mol. The minimum atomic E-state index is -0.00991. The third-order valence-corrected chi connectivity index (χ3v) is 2.71. The van der Waals surface area contributed by atoms with E-state index in [4.69, 9.17) is 4.74 Å². The first-order valence-electron chi connectivity index (χ1n) is 6.15. The predicted molar refractivity (Wildman–Crippen MR) is 68.7 cm³/mol. The first kappa shape index (κ1) is 13.7. The molecule has 3 nitrogen and oxygen atoms in total. The van der Waals surface area contributed by atoms with Crippen molar-refractivity contribution in [3.05, 3.63) is 12.2 Å². The zero-order chi connectivity index (χ0) is 12.2. The third-order valence-electron chi connectivity index (χ3n) is 2.71. The van der Waals surface area contributed by atoms with Gasteiger partial charge in [-0.05, 0) is 19.4 Å². The lowest BCUT2D eigenvalue weighted by atomic mass is 10.1. The summed E-state index contributed by atoms with van der Waals surface area (Å²) in [6.07, 6.45) is 0. The van der Waals surface area contributed by atoms with Gasteiger partial charge in [-0.1, -0.05) is 20.4 Å². The second-order valence-electron chi connectivity index (χ2n) is 5.60. The van der Waals surface area contributed by atoms with E-state index in [0.717, 1.165) is 32.8 Å². The van der Waals surface area contributed by atoms with Crippen molar-refractivity contribution >= 4 is 0 Å². The smallest absolute Gasteiger partial charge is 0.0753 e. The van der Waals surface area contributed by atoms with Gasteiger partial charge in [0.25, 0.3) is 0 Å². The van der Waals surface area contributed by atoms with E-state index in [1.165, 1.54) is 5.57 Å². The summed E-state index contributed by atoms with van der Waals surface area (Å²) in [7, 11) is 0. The van der Waals surface area contributed by atoms with Gasteiger partial charge < -0.3 is 10.1 Å². The fraction of sp³-hybridized carbons (Fsp3) is 0.846. The Bertz CT molecular complexity index is 236. The van der Waals surface area contributed by atoms with Crippen LogP contribution < -0.4 is 5.32 Å². The van der Waals surface area contributed by atoms with E-state index in [0.29, 0.717) is 6.04 Å². The summed E-state index contributed by atoms with van der Waals surface area (Å²) < 4.78 is 5.69. The van der Waals surface area contributed by atoms with Gasteiger partial charge in [0.2, 0.25) is 0 Å². The molecule has 0 aromatic carbocycles. The third kappa shape index (κ3) is 5.10. The van der Waals surface area contributed by atoms with Crippen molar-refractivity contribution in [3.8, 4) is 0 Å². The molecule has 0 radical (unpaired) electrons. The van der Waals surface area contributed by atoms with E-state index < -0.39 is 0 Å². The van der Waals surface area contributed by atoms with Crippen LogP contribution in [0.1, 0.15) is 27.7 Å². The molecule has 0 amide bonds. The van der Waals surface area contributed by atoms with Crippen LogP contribution in [0.15, 0.2) is 12.2 Å². The van der Waals surface area contributed by atoms with Gasteiger partial charge in [-0.3, -0.25) is 4.90 Å². The number of ether oxygens (including phenoxy) is 1. The molecule has 94 valence electrons. The average Bonchev–Trinajstić information content (AvgIpc) is 2.13. The van der Waals surface area contributed by atoms with Crippen LogP contribution in [0, 0.1) is 0 Å². The van der Waals surface area contributed by atoms with E-state index >= 15 is 0 Å². The Morgan fingerprint density at radius 1 is 1.50 bits per heavy atom. The van der Waals surface area contributed by atoms with Crippen molar-refractivity contribution in [2.24, 2.45) is 0 Å². The largest absolute Gasteiger partial charge is 0.373 e. The second-order valence-corrected chi connectivity index (χ2v) is 5.60. The first-order chi connectivity index (χ1) is 7.39. The molecule has 1 fully saturated rings. The standard InChI is InChI=1S/C13H26N2O/c1-11(2)14-8-12(3)9-15-6-7-16-13(4,5)10-15/h11,14H,3,6-10H2,1-2,4-5H3. The number of rotatable bonds is 5. The molecule has 0 spiro atoms. The average molecular weight is 226 g/mol. The van der Waals surface area contributed by atoms with Crippen LogP contribution in [0.4, 0.5) is 0 Å². The summed E-state index contributed by atoms with van der Waals surface area (Å²) in [6, 6.07) is 0.526. The maximum absolute atomic E-state index is 5.69. The normalized spacial score (nSPS) is 21.3. The van der Waals surface area contributed by atoms with Gasteiger partial charge >= 0.3 is 0 Å². The lowest BCUT2D eigenvalue weighted by Crippen LogP contribution is -2.49. The molecule has 1 rings (SSSR count). The second kappa shape index (κ2) is 5.80. The van der Waals surface area contributed by atoms with Gasteiger partial charge in [0.15, 0.2) is 0 Å². The molecule has 0 unspecified atom stereocenters. The fourth-order valence-electron chi connectivity index (χ4n) is 1.97. The molecule has 1 aliphatic heterocycles. The van der Waals surface area contributed by atoms with Crippen molar-refractivity contribution in [1.29, 1.82) is 0 Å². The summed E-state index contributed by atoms with van der Waals surface area (Å²) in [4.78, 5) is 2.42. The molecule has 0 saturated carbocycles. The Morgan fingerprint density at radius 3 is 2.75 bits per heavy atom. The Hall–Kier alpha value is -0.380. The van der Waals surface area contributed by atoms with Crippen LogP contribution in [-0.2, 0) is 4.74 Å². The highest BCUT2D eigenvalue weighted by Gasteiger charge is 2.26. The van der Waals surface area contributed by atoms with Crippen LogP contribution in [0.5, 0.6) is 0 Å². The van der Waals surface area contributed by atoms with Gasteiger partial charge in [0.05, 0.1) is 12.2 Å². The Balaban J connectivity index is 2.28. The molecular formula is C13H26N2O. The van der Waals surface area contributed by atoms with Gasteiger partial charge in [-0.2, -0.15) is 0 Å². The fourth-order valence-corrected chi connectivity index (χ4v) is 1.97. The molecule has 0 aromatic rings. The van der Waals surface area contributed by atoms with Gasteiger partial charge in [0, 0.05) is 32.2 Å². The van der Waals surface area contributed by atoms with Crippen molar-refractivity contribution in [2.75, 3.05) is 32.8 Å². The summed E-state index contributed by atoms with van der Waals surface area (Å²) in [5, 5.41) is 3.40. The number of nitrogens with one attached hydrogen (secondary N) is 1. The van der Waals surface area contributed by atoms with E-state index in [1.807, 2.05) is 0 Å². The van der Waals surface area contributed by atoms with Gasteiger partial charge in [-0.15, -0.1) is 0 Å². The highest BCUT2D eigenvalue weighted by atomic mass is 16.5. The van der Waals surface area contributed by atoms with Crippen LogP contribution in [0.3, 0.4) is 0 Å². The molecule has 16 heavy (non-hydrogen) atoms. The van der Waals surface area contributed by atoms with Crippen LogP contribution >= 0.6 is 0 Å². The zero-order valence-electron chi connectivity index (χ0n) is 11.2. The molecule has 0 aliphatic carbocycles. The summed E-state index contributed by atoms with van der Waals surface area (Å²) in [5.74, 6) is 0. The molecule has 0 atom stereocenters. The highest BCUT2D eigenvalue weighted by molar-refractivity contribution is 5.01. The molecule has 0 aromatic heterocycles. The number of nitrogens with zero attached hydrogens (tertiary/aromatic N) is 1. The van der Waals surface area contributed by atoms with Gasteiger partial charge in [0.1, 0.15) is 0 Å². The molecule has 1 N–H and O–H groups in total. The molecule has 0 bridgehead atoms. The highest BCUT2D eigenvalue weighted by Crippen LogP contribution is 2.16. The van der Waals surface area contributed by atoms with Gasteiger partial charge in [-0.25, -0.2) is 0 Å². The lowest BCUT2D eigenvalue weighted by Gasteiger charge is -2.38. The molecular weight excluding hydrogens is 200 g/mol. The van der Waals surface area contributed by atoms with E-state index in [9.17, 15) is 0 Å². The van der Waals surface area contributed by atoms with Crippen LogP contribution in [0.2, 0.25) is 0 Å². The lowest BCUT2D eigenvalue weighted by molar-refractivity contribution is -0.0836. The van der Waals surface area contributed by atoms with Crippen molar-refractivity contribution in [2.45, 2.75) is 39.3 Å². The van der Waals surface area contributed by atoms with E-state index in [1.54, 1.807) is 0 Å². The predicted octanol–water partition coefficient (Wildman–Crippen LogP) is 1.65. The maximum Gasteiger partial charge on any atom is 0.0753 e.